The van der Waals surface area contributed by atoms with Crippen LogP contribution in [0.4, 0.5) is 10.5 Å². The molecule has 0 aromatic heterocycles. The number of hydrogen-bond acceptors (Lipinski definition) is 3. The van der Waals surface area contributed by atoms with Gasteiger partial charge in [-0.2, -0.15) is 0 Å². The van der Waals surface area contributed by atoms with Gasteiger partial charge in [0.15, 0.2) is 0 Å². The molecule has 2 aliphatic rings. The summed E-state index contributed by atoms with van der Waals surface area (Å²) in [5.41, 5.74) is 1.69. The zero-order valence-corrected chi connectivity index (χ0v) is 20.2. The molecule has 0 spiro atoms. The zero-order valence-electron chi connectivity index (χ0n) is 19.4. The van der Waals surface area contributed by atoms with Gasteiger partial charge in [-0.15, -0.1) is 0 Å². The molecule has 172 valence electrons. The van der Waals surface area contributed by atoms with E-state index in [0.29, 0.717) is 41.6 Å². The molecule has 0 radical (unpaired) electrons. The van der Waals surface area contributed by atoms with Crippen LogP contribution in [0.3, 0.4) is 0 Å². The average molecular weight is 450 g/mol. The standard InChI is InChI=1S/C24H36ClN3O3/c1-24(2,3)21-14-17(16-8-11-27(12-9-16)23(30)31)10-13-28(21)18-6-7-19(20(25)15-18)22(29)26(4)5/h6-7,15-17,21H,8-14H2,1-5H3,(H,30,31). The number of likely N-dealkylation sites (tertiary alicyclic amines) is 1. The van der Waals surface area contributed by atoms with Crippen LogP contribution < -0.4 is 4.90 Å². The minimum atomic E-state index is -0.797. The molecule has 31 heavy (non-hydrogen) atoms. The fraction of sp³-hybridized carbons (Fsp3) is 0.667. The van der Waals surface area contributed by atoms with Gasteiger partial charge in [0, 0.05) is 45.5 Å². The molecule has 3 rings (SSSR count). The van der Waals surface area contributed by atoms with Gasteiger partial charge in [-0.05, 0) is 61.1 Å². The van der Waals surface area contributed by atoms with Crippen LogP contribution in [-0.2, 0) is 0 Å². The number of carbonyl (C=O) groups excluding carboxylic acids is 1. The summed E-state index contributed by atoms with van der Waals surface area (Å²) in [6.45, 7) is 9.10. The van der Waals surface area contributed by atoms with Crippen molar-refractivity contribution < 1.29 is 14.7 Å². The molecule has 2 atom stereocenters. The van der Waals surface area contributed by atoms with E-state index in [-0.39, 0.29) is 11.3 Å². The molecular formula is C24H36ClN3O3. The Balaban J connectivity index is 1.76. The summed E-state index contributed by atoms with van der Waals surface area (Å²) in [5, 5.41) is 9.73. The first kappa shape index (κ1) is 23.7. The highest BCUT2D eigenvalue weighted by Crippen LogP contribution is 2.42. The van der Waals surface area contributed by atoms with Gasteiger partial charge in [-0.25, -0.2) is 4.79 Å². The number of halogens is 1. The van der Waals surface area contributed by atoms with Crippen molar-refractivity contribution in [2.45, 2.75) is 52.5 Å². The molecule has 1 N–H and O–H groups in total. The normalized spacial score (nSPS) is 23.0. The average Bonchev–Trinajstić information content (AvgIpc) is 2.72. The van der Waals surface area contributed by atoms with E-state index in [2.05, 4.69) is 25.7 Å². The monoisotopic (exact) mass is 449 g/mol. The van der Waals surface area contributed by atoms with Gasteiger partial charge in [-0.1, -0.05) is 32.4 Å². The third-order valence-electron chi connectivity index (χ3n) is 7.04. The van der Waals surface area contributed by atoms with Gasteiger partial charge >= 0.3 is 6.09 Å². The highest BCUT2D eigenvalue weighted by molar-refractivity contribution is 6.34. The Morgan fingerprint density at radius 1 is 1.06 bits per heavy atom. The first-order chi connectivity index (χ1) is 14.5. The molecule has 1 aromatic carbocycles. The topological polar surface area (TPSA) is 64.1 Å². The van der Waals surface area contributed by atoms with E-state index in [9.17, 15) is 14.7 Å². The maximum absolute atomic E-state index is 12.3. The number of anilines is 1. The van der Waals surface area contributed by atoms with Crippen molar-refractivity contribution in [3.63, 3.8) is 0 Å². The van der Waals surface area contributed by atoms with Crippen molar-refractivity contribution in [1.82, 2.24) is 9.80 Å². The fourth-order valence-corrected chi connectivity index (χ4v) is 5.47. The molecule has 2 heterocycles. The molecule has 2 saturated heterocycles. The van der Waals surface area contributed by atoms with Crippen molar-refractivity contribution >= 4 is 29.3 Å². The van der Waals surface area contributed by atoms with Crippen LogP contribution in [0.25, 0.3) is 0 Å². The van der Waals surface area contributed by atoms with Crippen LogP contribution >= 0.6 is 11.6 Å². The van der Waals surface area contributed by atoms with Crippen molar-refractivity contribution in [2.75, 3.05) is 38.6 Å². The largest absolute Gasteiger partial charge is 0.465 e. The Bertz CT molecular complexity index is 813. The van der Waals surface area contributed by atoms with Crippen LogP contribution in [0.1, 0.15) is 56.8 Å². The van der Waals surface area contributed by atoms with Crippen LogP contribution in [0, 0.1) is 17.3 Å². The highest BCUT2D eigenvalue weighted by atomic mass is 35.5. The van der Waals surface area contributed by atoms with E-state index in [1.54, 1.807) is 23.9 Å². The number of benzene rings is 1. The van der Waals surface area contributed by atoms with Crippen LogP contribution in [-0.4, -0.2) is 66.7 Å². The van der Waals surface area contributed by atoms with Gasteiger partial charge in [-0.3, -0.25) is 4.79 Å². The Morgan fingerprint density at radius 3 is 2.19 bits per heavy atom. The second-order valence-electron chi connectivity index (χ2n) is 10.3. The summed E-state index contributed by atoms with van der Waals surface area (Å²) in [6.07, 6.45) is 3.31. The summed E-state index contributed by atoms with van der Waals surface area (Å²) >= 11 is 6.51. The number of amides is 2. The number of carbonyl (C=O) groups is 2. The van der Waals surface area contributed by atoms with Gasteiger partial charge in [0.05, 0.1) is 10.6 Å². The molecule has 0 bridgehead atoms. The van der Waals surface area contributed by atoms with Crippen molar-refractivity contribution in [1.29, 1.82) is 0 Å². The molecule has 0 aliphatic carbocycles. The molecule has 6 nitrogen and oxygen atoms in total. The van der Waals surface area contributed by atoms with Crippen LogP contribution in [0.15, 0.2) is 18.2 Å². The molecule has 2 unspecified atom stereocenters. The fourth-order valence-electron chi connectivity index (χ4n) is 5.21. The second-order valence-corrected chi connectivity index (χ2v) is 10.7. The van der Waals surface area contributed by atoms with Gasteiger partial charge < -0.3 is 19.8 Å². The second kappa shape index (κ2) is 9.27. The van der Waals surface area contributed by atoms with E-state index < -0.39 is 6.09 Å². The van der Waals surface area contributed by atoms with E-state index in [1.165, 1.54) is 0 Å². The quantitative estimate of drug-likeness (QED) is 0.700. The number of rotatable bonds is 3. The minimum Gasteiger partial charge on any atom is -0.465 e. The van der Waals surface area contributed by atoms with Gasteiger partial charge in [0.2, 0.25) is 0 Å². The third-order valence-corrected chi connectivity index (χ3v) is 7.35. The van der Waals surface area contributed by atoms with Crippen molar-refractivity contribution in [3.05, 3.63) is 28.8 Å². The van der Waals surface area contributed by atoms with E-state index >= 15 is 0 Å². The van der Waals surface area contributed by atoms with Crippen LogP contribution in [0.2, 0.25) is 5.02 Å². The SMILES string of the molecule is CN(C)C(=O)c1ccc(N2CCC(C3CCN(C(=O)O)CC3)CC2C(C)(C)C)cc1Cl. The summed E-state index contributed by atoms with van der Waals surface area (Å²) in [6, 6.07) is 6.15. The summed E-state index contributed by atoms with van der Waals surface area (Å²) in [5.74, 6) is 1.11. The lowest BCUT2D eigenvalue weighted by Crippen LogP contribution is -2.51. The summed E-state index contributed by atoms with van der Waals surface area (Å²) in [4.78, 5) is 29.1. The smallest absolute Gasteiger partial charge is 0.407 e. The predicted molar refractivity (Wildman–Crippen MR) is 125 cm³/mol. The number of carboxylic acid groups (broad SMARTS) is 1. The molecule has 2 amide bonds. The van der Waals surface area contributed by atoms with Crippen molar-refractivity contribution in [3.8, 4) is 0 Å². The highest BCUT2D eigenvalue weighted by Gasteiger charge is 2.40. The Morgan fingerprint density at radius 2 is 1.68 bits per heavy atom. The number of hydrogen-bond donors (Lipinski definition) is 1. The Hall–Kier alpha value is -1.95. The summed E-state index contributed by atoms with van der Waals surface area (Å²) in [7, 11) is 3.46. The summed E-state index contributed by atoms with van der Waals surface area (Å²) < 4.78 is 0. The van der Waals surface area contributed by atoms with E-state index in [0.717, 1.165) is 37.9 Å². The van der Waals surface area contributed by atoms with Gasteiger partial charge in [0.1, 0.15) is 0 Å². The molecule has 2 aliphatic heterocycles. The molecular weight excluding hydrogens is 414 g/mol. The first-order valence-corrected chi connectivity index (χ1v) is 11.6. The van der Waals surface area contributed by atoms with E-state index in [1.807, 2.05) is 18.2 Å². The van der Waals surface area contributed by atoms with E-state index in [4.69, 9.17) is 11.6 Å². The Labute approximate surface area is 191 Å². The lowest BCUT2D eigenvalue weighted by Gasteiger charge is -2.49. The maximum atomic E-state index is 12.3. The lowest BCUT2D eigenvalue weighted by atomic mass is 9.71. The van der Waals surface area contributed by atoms with Crippen molar-refractivity contribution in [2.24, 2.45) is 17.3 Å². The number of piperidine rings is 2. The number of nitrogens with zero attached hydrogens (tertiary/aromatic N) is 3. The first-order valence-electron chi connectivity index (χ1n) is 11.2. The Kier molecular flexibility index (Phi) is 7.09. The molecule has 7 heteroatoms. The third kappa shape index (κ3) is 5.28. The minimum absolute atomic E-state index is 0.0877. The van der Waals surface area contributed by atoms with Crippen LogP contribution in [0.5, 0.6) is 0 Å². The lowest BCUT2D eigenvalue weighted by molar-refractivity contribution is 0.0827. The predicted octanol–water partition coefficient (Wildman–Crippen LogP) is 5.06. The maximum Gasteiger partial charge on any atom is 0.407 e. The molecule has 1 aromatic rings. The zero-order chi connectivity index (χ0) is 22.9. The molecule has 2 fully saturated rings. The molecule has 0 saturated carbocycles. The van der Waals surface area contributed by atoms with Gasteiger partial charge in [0.25, 0.3) is 5.91 Å².